The van der Waals surface area contributed by atoms with Crippen LogP contribution in [0.4, 0.5) is 10.8 Å². The first-order valence-corrected chi connectivity index (χ1v) is 10.2. The molecule has 1 N–H and O–H groups in total. The van der Waals surface area contributed by atoms with E-state index in [1.807, 2.05) is 18.2 Å². The lowest BCUT2D eigenvalue weighted by Crippen LogP contribution is -2.48. The van der Waals surface area contributed by atoms with E-state index in [4.69, 9.17) is 28.2 Å². The molecule has 4 rings (SSSR count). The first kappa shape index (κ1) is 18.5. The molecule has 0 bridgehead atoms. The molecule has 3 aromatic rings. The zero-order valence-corrected chi connectivity index (χ0v) is 16.8. The highest BCUT2D eigenvalue weighted by Crippen LogP contribution is 2.30. The van der Waals surface area contributed by atoms with Crippen molar-refractivity contribution >= 4 is 61.5 Å². The summed E-state index contributed by atoms with van der Waals surface area (Å²) in [6, 6.07) is 13.4. The fourth-order valence-corrected chi connectivity index (χ4v) is 4.45. The van der Waals surface area contributed by atoms with Crippen molar-refractivity contribution < 1.29 is 4.79 Å². The second-order valence-corrected chi connectivity index (χ2v) is 8.17. The Morgan fingerprint density at radius 3 is 2.63 bits per heavy atom. The molecule has 0 aliphatic carbocycles. The molecule has 1 saturated heterocycles. The fourth-order valence-electron chi connectivity index (χ4n) is 3.09. The van der Waals surface area contributed by atoms with Gasteiger partial charge in [-0.2, -0.15) is 0 Å². The van der Waals surface area contributed by atoms with Gasteiger partial charge in [0, 0.05) is 26.2 Å². The third kappa shape index (κ3) is 4.19. The van der Waals surface area contributed by atoms with Crippen LogP contribution in [0.15, 0.2) is 42.5 Å². The zero-order valence-electron chi connectivity index (χ0n) is 14.5. The van der Waals surface area contributed by atoms with Crippen LogP contribution in [0, 0.1) is 0 Å². The lowest BCUT2D eigenvalue weighted by Gasteiger charge is -2.34. The number of hydrogen-bond donors (Lipinski definition) is 1. The van der Waals surface area contributed by atoms with E-state index in [2.05, 4.69) is 21.2 Å². The summed E-state index contributed by atoms with van der Waals surface area (Å²) in [5, 5.41) is 4.68. The van der Waals surface area contributed by atoms with Gasteiger partial charge in [0.2, 0.25) is 5.91 Å². The number of benzene rings is 2. The highest BCUT2D eigenvalue weighted by Gasteiger charge is 2.21. The molecule has 0 radical (unpaired) electrons. The Kier molecular flexibility index (Phi) is 5.50. The third-order valence-electron chi connectivity index (χ3n) is 4.52. The topological polar surface area (TPSA) is 48.5 Å². The highest BCUT2D eigenvalue weighted by atomic mass is 35.5. The summed E-state index contributed by atoms with van der Waals surface area (Å²) < 4.78 is 1.20. The Labute approximate surface area is 171 Å². The van der Waals surface area contributed by atoms with Crippen LogP contribution in [0.3, 0.4) is 0 Å². The van der Waals surface area contributed by atoms with Crippen molar-refractivity contribution in [3.05, 3.63) is 52.5 Å². The van der Waals surface area contributed by atoms with Crippen LogP contribution < -0.4 is 10.2 Å². The smallest absolute Gasteiger partial charge is 0.238 e. The molecule has 140 valence electrons. The minimum atomic E-state index is -0.0902. The second-order valence-electron chi connectivity index (χ2n) is 6.38. The van der Waals surface area contributed by atoms with Crippen LogP contribution in [0.1, 0.15) is 0 Å². The number of carbonyl (C=O) groups is 1. The van der Waals surface area contributed by atoms with Gasteiger partial charge in [0.25, 0.3) is 0 Å². The molecular formula is C19H18Cl2N4OS. The summed E-state index contributed by atoms with van der Waals surface area (Å²) >= 11 is 13.8. The molecule has 0 saturated carbocycles. The third-order valence-corrected chi connectivity index (χ3v) is 6.43. The molecule has 1 fully saturated rings. The van der Waals surface area contributed by atoms with E-state index in [1.54, 1.807) is 29.5 Å². The first-order chi connectivity index (χ1) is 13.1. The van der Waals surface area contributed by atoms with Gasteiger partial charge in [-0.05, 0) is 24.3 Å². The molecule has 8 heteroatoms. The molecule has 1 aromatic heterocycles. The SMILES string of the molecule is O=C(CN1CCN(c2nc3ccccc3s2)CC1)Nc1cccc(Cl)c1Cl. The predicted octanol–water partition coefficient (Wildman–Crippen LogP) is 4.36. The van der Waals surface area contributed by atoms with Gasteiger partial charge in [0.15, 0.2) is 5.13 Å². The summed E-state index contributed by atoms with van der Waals surface area (Å²) in [5.41, 5.74) is 1.58. The Morgan fingerprint density at radius 1 is 1.07 bits per heavy atom. The van der Waals surface area contributed by atoms with Gasteiger partial charge in [-0.3, -0.25) is 9.69 Å². The Bertz CT molecular complexity index is 936. The maximum atomic E-state index is 12.3. The number of thiazole rings is 1. The summed E-state index contributed by atoms with van der Waals surface area (Å²) in [7, 11) is 0. The molecule has 1 aliphatic heterocycles. The van der Waals surface area contributed by atoms with Crippen LogP contribution in [-0.4, -0.2) is 48.5 Å². The van der Waals surface area contributed by atoms with Crippen molar-refractivity contribution in [2.45, 2.75) is 0 Å². The van der Waals surface area contributed by atoms with Crippen LogP contribution in [0.2, 0.25) is 10.0 Å². The zero-order chi connectivity index (χ0) is 18.8. The molecule has 0 atom stereocenters. The van der Waals surface area contributed by atoms with Crippen molar-refractivity contribution in [1.29, 1.82) is 0 Å². The van der Waals surface area contributed by atoms with Gasteiger partial charge in [0.05, 0.1) is 32.5 Å². The van der Waals surface area contributed by atoms with Gasteiger partial charge in [-0.15, -0.1) is 0 Å². The first-order valence-electron chi connectivity index (χ1n) is 8.67. The number of aromatic nitrogens is 1. The highest BCUT2D eigenvalue weighted by molar-refractivity contribution is 7.22. The molecule has 2 heterocycles. The van der Waals surface area contributed by atoms with Crippen LogP contribution in [-0.2, 0) is 4.79 Å². The van der Waals surface area contributed by atoms with Gasteiger partial charge >= 0.3 is 0 Å². The summed E-state index contributed by atoms with van der Waals surface area (Å²) in [5.74, 6) is -0.0902. The summed E-state index contributed by atoms with van der Waals surface area (Å²) in [4.78, 5) is 21.5. The molecular weight excluding hydrogens is 403 g/mol. The van der Waals surface area contributed by atoms with E-state index in [9.17, 15) is 4.79 Å². The molecule has 1 aliphatic rings. The molecule has 0 unspecified atom stereocenters. The van der Waals surface area contributed by atoms with E-state index >= 15 is 0 Å². The number of halogens is 2. The Balaban J connectivity index is 1.32. The van der Waals surface area contributed by atoms with E-state index in [1.165, 1.54) is 4.70 Å². The van der Waals surface area contributed by atoms with Gasteiger partial charge in [0.1, 0.15) is 0 Å². The molecule has 5 nitrogen and oxygen atoms in total. The monoisotopic (exact) mass is 420 g/mol. The van der Waals surface area contributed by atoms with Crippen molar-refractivity contribution in [2.75, 3.05) is 42.9 Å². The largest absolute Gasteiger partial charge is 0.345 e. The van der Waals surface area contributed by atoms with Gasteiger partial charge in [-0.25, -0.2) is 4.98 Å². The summed E-state index contributed by atoms with van der Waals surface area (Å²) in [6.45, 7) is 3.66. The van der Waals surface area contributed by atoms with E-state index in [0.717, 1.165) is 36.8 Å². The molecule has 2 aromatic carbocycles. The minimum Gasteiger partial charge on any atom is -0.345 e. The Morgan fingerprint density at radius 2 is 1.85 bits per heavy atom. The van der Waals surface area contributed by atoms with Gasteiger partial charge < -0.3 is 10.2 Å². The Hall–Kier alpha value is -1.86. The minimum absolute atomic E-state index is 0.0902. The number of fused-ring (bicyclic) bond motifs is 1. The maximum absolute atomic E-state index is 12.3. The molecule has 27 heavy (non-hydrogen) atoms. The van der Waals surface area contributed by atoms with Crippen molar-refractivity contribution in [1.82, 2.24) is 9.88 Å². The number of carbonyl (C=O) groups excluding carboxylic acids is 1. The lowest BCUT2D eigenvalue weighted by atomic mass is 10.3. The van der Waals surface area contributed by atoms with Crippen LogP contribution in [0.25, 0.3) is 10.2 Å². The number of anilines is 2. The number of para-hydroxylation sites is 1. The average Bonchev–Trinajstić information content (AvgIpc) is 3.10. The van der Waals surface area contributed by atoms with Crippen LogP contribution >= 0.6 is 34.5 Å². The maximum Gasteiger partial charge on any atom is 0.238 e. The number of nitrogens with one attached hydrogen (secondary N) is 1. The number of hydrogen-bond acceptors (Lipinski definition) is 5. The lowest BCUT2D eigenvalue weighted by molar-refractivity contribution is -0.117. The second kappa shape index (κ2) is 8.02. The van der Waals surface area contributed by atoms with Gasteiger partial charge in [-0.1, -0.05) is 52.7 Å². The standard InChI is InChI=1S/C19H18Cl2N4OS/c20-13-4-3-6-15(18(13)21)22-17(26)12-24-8-10-25(11-9-24)19-23-14-5-1-2-7-16(14)27-19/h1-7H,8-12H2,(H,22,26). The number of amides is 1. The quantitative estimate of drug-likeness (QED) is 0.680. The normalized spacial score (nSPS) is 15.3. The van der Waals surface area contributed by atoms with Crippen molar-refractivity contribution in [3.63, 3.8) is 0 Å². The van der Waals surface area contributed by atoms with Crippen LogP contribution in [0.5, 0.6) is 0 Å². The van der Waals surface area contributed by atoms with E-state index in [-0.39, 0.29) is 5.91 Å². The van der Waals surface area contributed by atoms with E-state index in [0.29, 0.717) is 22.3 Å². The number of nitrogens with zero attached hydrogens (tertiary/aromatic N) is 3. The fraction of sp³-hybridized carbons (Fsp3) is 0.263. The predicted molar refractivity (Wildman–Crippen MR) is 113 cm³/mol. The molecule has 1 amide bonds. The van der Waals surface area contributed by atoms with Crippen molar-refractivity contribution in [3.8, 4) is 0 Å². The number of piperazine rings is 1. The average molecular weight is 421 g/mol. The number of rotatable bonds is 4. The van der Waals surface area contributed by atoms with E-state index < -0.39 is 0 Å². The van der Waals surface area contributed by atoms with Crippen molar-refractivity contribution in [2.24, 2.45) is 0 Å². The molecule has 0 spiro atoms. The summed E-state index contributed by atoms with van der Waals surface area (Å²) in [6.07, 6.45) is 0.